The molecule has 0 radical (unpaired) electrons. The molecule has 0 aliphatic carbocycles. The zero-order valence-corrected chi connectivity index (χ0v) is 11.2. The van der Waals surface area contributed by atoms with Gasteiger partial charge >= 0.3 is 5.91 Å². The van der Waals surface area contributed by atoms with Crippen LogP contribution in [0, 0.1) is 5.92 Å². The summed E-state index contributed by atoms with van der Waals surface area (Å²) in [5, 5.41) is 0. The Balaban J connectivity index is 1.82. The number of rotatable bonds is 5. The van der Waals surface area contributed by atoms with Crippen LogP contribution in [-0.4, -0.2) is 37.6 Å². The summed E-state index contributed by atoms with van der Waals surface area (Å²) < 4.78 is 10.9. The first kappa shape index (κ1) is 14.0. The van der Waals surface area contributed by atoms with E-state index in [4.69, 9.17) is 15.0 Å². The van der Waals surface area contributed by atoms with Crippen LogP contribution in [0.15, 0.2) is 16.5 Å². The van der Waals surface area contributed by atoms with Gasteiger partial charge in [0.25, 0.3) is 0 Å². The normalized spacial score (nSPS) is 19.6. The zero-order chi connectivity index (χ0) is 13.7. The molecule has 19 heavy (non-hydrogen) atoms. The second kappa shape index (κ2) is 6.70. The van der Waals surface area contributed by atoms with Gasteiger partial charge in [0.1, 0.15) is 5.76 Å². The molecule has 0 aromatic carbocycles. The van der Waals surface area contributed by atoms with Crippen LogP contribution in [0.5, 0.6) is 0 Å². The second-order valence-electron chi connectivity index (χ2n) is 5.02. The summed E-state index contributed by atoms with van der Waals surface area (Å²) >= 11 is 0. The van der Waals surface area contributed by atoms with Crippen LogP contribution >= 0.6 is 0 Å². The lowest BCUT2D eigenvalue weighted by Gasteiger charge is -2.26. The van der Waals surface area contributed by atoms with Crippen LogP contribution < -0.4 is 11.3 Å². The molecular formula is C13H21N3O3. The maximum Gasteiger partial charge on any atom is 0.300 e. The maximum absolute atomic E-state index is 11.3. The molecule has 1 saturated heterocycles. The van der Waals surface area contributed by atoms with Crippen LogP contribution in [0.4, 0.5) is 0 Å². The lowest BCUT2D eigenvalue weighted by Crippen LogP contribution is -2.30. The lowest BCUT2D eigenvalue weighted by molar-refractivity contribution is 0.0403. The molecule has 1 aromatic heterocycles. The van der Waals surface area contributed by atoms with E-state index < -0.39 is 5.91 Å². The molecule has 1 aliphatic rings. The van der Waals surface area contributed by atoms with Gasteiger partial charge in [0.05, 0.1) is 13.2 Å². The highest BCUT2D eigenvalue weighted by atomic mass is 16.5. The second-order valence-corrected chi connectivity index (χ2v) is 5.02. The van der Waals surface area contributed by atoms with Gasteiger partial charge in [-0.15, -0.1) is 0 Å². The number of nitrogens with zero attached hydrogens (tertiary/aromatic N) is 1. The van der Waals surface area contributed by atoms with Crippen LogP contribution in [0.2, 0.25) is 0 Å². The van der Waals surface area contributed by atoms with Gasteiger partial charge < -0.3 is 9.15 Å². The molecular weight excluding hydrogens is 246 g/mol. The van der Waals surface area contributed by atoms with Crippen molar-refractivity contribution in [2.45, 2.75) is 19.4 Å². The molecule has 0 bridgehead atoms. The van der Waals surface area contributed by atoms with Crippen LogP contribution in [0.25, 0.3) is 0 Å². The molecule has 6 heteroatoms. The first-order chi connectivity index (χ1) is 9.19. The molecule has 1 amide bonds. The number of hydrogen-bond acceptors (Lipinski definition) is 5. The monoisotopic (exact) mass is 267 g/mol. The van der Waals surface area contributed by atoms with Crippen LogP contribution in [-0.2, 0) is 11.3 Å². The van der Waals surface area contributed by atoms with Crippen molar-refractivity contribution >= 4 is 5.91 Å². The Kier molecular flexibility index (Phi) is 4.95. The van der Waals surface area contributed by atoms with Crippen molar-refractivity contribution in [3.8, 4) is 0 Å². The largest absolute Gasteiger partial charge is 0.455 e. The van der Waals surface area contributed by atoms with Crippen molar-refractivity contribution in [3.05, 3.63) is 23.7 Å². The number of hydrazine groups is 1. The summed E-state index contributed by atoms with van der Waals surface area (Å²) in [5.41, 5.74) is 2.05. The Morgan fingerprint density at radius 1 is 1.58 bits per heavy atom. The summed E-state index contributed by atoms with van der Waals surface area (Å²) in [7, 11) is 2.04. The topological polar surface area (TPSA) is 80.7 Å². The van der Waals surface area contributed by atoms with Crippen molar-refractivity contribution in [1.29, 1.82) is 0 Å². The Morgan fingerprint density at radius 2 is 2.42 bits per heavy atom. The van der Waals surface area contributed by atoms with Gasteiger partial charge in [-0.1, -0.05) is 0 Å². The van der Waals surface area contributed by atoms with Gasteiger partial charge in [-0.2, -0.15) is 0 Å². The van der Waals surface area contributed by atoms with Crippen molar-refractivity contribution < 1.29 is 13.9 Å². The maximum atomic E-state index is 11.3. The van der Waals surface area contributed by atoms with E-state index in [0.717, 1.165) is 31.9 Å². The Bertz CT molecular complexity index is 413. The first-order valence-electron chi connectivity index (χ1n) is 6.55. The van der Waals surface area contributed by atoms with E-state index in [1.807, 2.05) is 7.05 Å². The minimum atomic E-state index is -0.408. The third kappa shape index (κ3) is 4.05. The number of ether oxygens (including phenoxy) is 1. The van der Waals surface area contributed by atoms with Gasteiger partial charge in [-0.3, -0.25) is 15.1 Å². The number of nitrogens with one attached hydrogen (secondary N) is 1. The van der Waals surface area contributed by atoms with E-state index in [1.165, 1.54) is 6.42 Å². The Morgan fingerprint density at radius 3 is 3.11 bits per heavy atom. The fourth-order valence-corrected chi connectivity index (χ4v) is 2.38. The number of nitrogens with two attached hydrogens (primary N) is 1. The van der Waals surface area contributed by atoms with Crippen molar-refractivity contribution in [2.75, 3.05) is 26.8 Å². The van der Waals surface area contributed by atoms with Gasteiger partial charge in [-0.05, 0) is 37.9 Å². The minimum absolute atomic E-state index is 0.242. The molecule has 2 heterocycles. The predicted octanol–water partition coefficient (Wildman–Crippen LogP) is 0.741. The van der Waals surface area contributed by atoms with E-state index in [9.17, 15) is 4.79 Å². The number of carbonyl (C=O) groups excluding carboxylic acids is 1. The fourth-order valence-electron chi connectivity index (χ4n) is 2.38. The average molecular weight is 267 g/mol. The molecule has 1 unspecified atom stereocenters. The van der Waals surface area contributed by atoms with Crippen LogP contribution in [0.3, 0.4) is 0 Å². The summed E-state index contributed by atoms with van der Waals surface area (Å²) in [6, 6.07) is 3.44. The molecule has 0 spiro atoms. The average Bonchev–Trinajstić information content (AvgIpc) is 2.87. The Hall–Kier alpha value is -1.37. The Labute approximate surface area is 112 Å². The minimum Gasteiger partial charge on any atom is -0.455 e. The third-order valence-corrected chi connectivity index (χ3v) is 3.27. The molecule has 1 fully saturated rings. The van der Waals surface area contributed by atoms with E-state index in [2.05, 4.69) is 10.3 Å². The quantitative estimate of drug-likeness (QED) is 0.467. The summed E-state index contributed by atoms with van der Waals surface area (Å²) in [5.74, 6) is 6.23. The van der Waals surface area contributed by atoms with Gasteiger partial charge in [-0.25, -0.2) is 5.84 Å². The van der Waals surface area contributed by atoms with Gasteiger partial charge in [0.2, 0.25) is 0 Å². The molecule has 1 atom stereocenters. The molecule has 1 aliphatic heterocycles. The standard InChI is InChI=1S/C13H21N3O3/c1-16(7-10-3-2-6-18-9-10)8-11-4-5-12(19-11)13(17)15-14/h4-5,10H,2-3,6-9,14H2,1H3,(H,15,17). The predicted molar refractivity (Wildman–Crippen MR) is 70.2 cm³/mol. The number of nitrogen functional groups attached to an aromatic ring is 1. The molecule has 0 saturated carbocycles. The smallest absolute Gasteiger partial charge is 0.300 e. The molecule has 1 aromatic rings. The number of carbonyl (C=O) groups is 1. The van der Waals surface area contributed by atoms with E-state index in [1.54, 1.807) is 12.1 Å². The van der Waals surface area contributed by atoms with Crippen molar-refractivity contribution in [3.63, 3.8) is 0 Å². The summed E-state index contributed by atoms with van der Waals surface area (Å²) in [6.07, 6.45) is 2.35. The lowest BCUT2D eigenvalue weighted by atomic mass is 10.0. The number of amides is 1. The number of furan rings is 1. The zero-order valence-electron chi connectivity index (χ0n) is 11.2. The first-order valence-corrected chi connectivity index (χ1v) is 6.55. The van der Waals surface area contributed by atoms with Crippen molar-refractivity contribution in [2.24, 2.45) is 11.8 Å². The van der Waals surface area contributed by atoms with E-state index >= 15 is 0 Å². The van der Waals surface area contributed by atoms with E-state index in [0.29, 0.717) is 12.5 Å². The highest BCUT2D eigenvalue weighted by molar-refractivity contribution is 5.90. The highest BCUT2D eigenvalue weighted by Gasteiger charge is 2.17. The molecule has 106 valence electrons. The number of hydrogen-bond donors (Lipinski definition) is 2. The third-order valence-electron chi connectivity index (χ3n) is 3.27. The van der Waals surface area contributed by atoms with Gasteiger partial charge in [0.15, 0.2) is 5.76 Å². The fraction of sp³-hybridized carbons (Fsp3) is 0.615. The molecule has 3 N–H and O–H groups in total. The van der Waals surface area contributed by atoms with E-state index in [-0.39, 0.29) is 5.76 Å². The SMILES string of the molecule is CN(Cc1ccc(C(=O)NN)o1)CC1CCCOC1. The van der Waals surface area contributed by atoms with Crippen LogP contribution in [0.1, 0.15) is 29.2 Å². The molecule has 6 nitrogen and oxygen atoms in total. The highest BCUT2D eigenvalue weighted by Crippen LogP contribution is 2.16. The van der Waals surface area contributed by atoms with Gasteiger partial charge in [0, 0.05) is 13.2 Å². The molecule has 2 rings (SSSR count). The van der Waals surface area contributed by atoms with Crippen molar-refractivity contribution in [1.82, 2.24) is 10.3 Å². The summed E-state index contributed by atoms with van der Waals surface area (Å²) in [4.78, 5) is 13.5. The summed E-state index contributed by atoms with van der Waals surface area (Å²) in [6.45, 7) is 3.37.